The van der Waals surface area contributed by atoms with Gasteiger partial charge in [-0.2, -0.15) is 48.3 Å². The third-order valence-electron chi connectivity index (χ3n) is 3.24. The summed E-state index contributed by atoms with van der Waals surface area (Å²) >= 11 is 0. The van der Waals surface area contributed by atoms with Gasteiger partial charge in [0.25, 0.3) is 0 Å². The highest BCUT2D eigenvalue weighted by molar-refractivity contribution is 5.89. The summed E-state index contributed by atoms with van der Waals surface area (Å²) in [4.78, 5) is 10.9. The highest BCUT2D eigenvalue weighted by Gasteiger charge is 2.88. The van der Waals surface area contributed by atoms with Crippen LogP contribution in [-0.2, 0) is 9.53 Å². The fourth-order valence-electron chi connectivity index (χ4n) is 1.66. The molecule has 1 aromatic rings. The molecular formula is C15H8F11O3. The van der Waals surface area contributed by atoms with Crippen molar-refractivity contribution in [3.05, 3.63) is 48.1 Å². The maximum absolute atomic E-state index is 13.5. The first kappa shape index (κ1) is 24.5. The molecule has 29 heavy (non-hydrogen) atoms. The van der Waals surface area contributed by atoms with Gasteiger partial charge in [-0.1, -0.05) is 24.3 Å². The number of ether oxygens (including phenoxy) is 1. The number of alkyl halides is 11. The number of rotatable bonds is 7. The summed E-state index contributed by atoms with van der Waals surface area (Å²) in [5, 5.41) is 8.71. The van der Waals surface area contributed by atoms with Crippen molar-refractivity contribution in [3.8, 4) is 0 Å². The van der Waals surface area contributed by atoms with Crippen LogP contribution in [0.4, 0.5) is 48.3 Å². The first-order valence-corrected chi connectivity index (χ1v) is 6.92. The van der Waals surface area contributed by atoms with Gasteiger partial charge in [0.05, 0.1) is 0 Å². The molecule has 0 atom stereocenters. The molecule has 14 heteroatoms. The number of hydrogen-bond acceptors (Lipinski definition) is 2. The molecular weight excluding hydrogens is 437 g/mol. The molecule has 0 aliphatic carbocycles. The zero-order valence-corrected chi connectivity index (χ0v) is 13.5. The van der Waals surface area contributed by atoms with Gasteiger partial charge in [-0.05, 0) is 24.1 Å². The van der Waals surface area contributed by atoms with Gasteiger partial charge in [0, 0.05) is 0 Å². The number of benzene rings is 1. The Morgan fingerprint density at radius 1 is 0.828 bits per heavy atom. The second-order valence-corrected chi connectivity index (χ2v) is 5.40. The molecule has 0 heterocycles. The normalized spacial score (nSPS) is 14.7. The summed E-state index contributed by atoms with van der Waals surface area (Å²) in [6.45, 7) is 3.40. The Hall–Kier alpha value is -2.54. The van der Waals surface area contributed by atoms with Gasteiger partial charge in [0.15, 0.2) is 0 Å². The largest absolute Gasteiger partial charge is 0.475 e. The SMILES string of the molecule is [CH2]c1ccc(C=C(OC(F)(F)C(F)(F)C(F)(F)C(F)(F)C(F)(F)F)C(=O)O)cc1. The number of aliphatic carboxylic acids is 1. The quantitative estimate of drug-likeness (QED) is 0.349. The second kappa shape index (κ2) is 7.37. The van der Waals surface area contributed by atoms with Crippen molar-refractivity contribution >= 4 is 12.0 Å². The number of halogens is 11. The highest BCUT2D eigenvalue weighted by Crippen LogP contribution is 2.57. The molecule has 0 saturated heterocycles. The number of carbonyl (C=O) groups is 1. The van der Waals surface area contributed by atoms with Crippen molar-refractivity contribution < 1.29 is 62.9 Å². The fourth-order valence-corrected chi connectivity index (χ4v) is 1.66. The Morgan fingerprint density at radius 2 is 1.28 bits per heavy atom. The van der Waals surface area contributed by atoms with Crippen LogP contribution in [0.2, 0.25) is 0 Å². The Morgan fingerprint density at radius 3 is 1.66 bits per heavy atom. The topological polar surface area (TPSA) is 46.5 Å². The van der Waals surface area contributed by atoms with E-state index in [9.17, 15) is 53.1 Å². The average molecular weight is 445 g/mol. The van der Waals surface area contributed by atoms with Crippen LogP contribution in [0.25, 0.3) is 6.08 Å². The minimum Gasteiger partial charge on any atom is -0.475 e. The van der Waals surface area contributed by atoms with Crippen molar-refractivity contribution in [2.75, 3.05) is 0 Å². The molecule has 163 valence electrons. The highest BCUT2D eigenvalue weighted by atomic mass is 19.4. The number of hydrogen-bond donors (Lipinski definition) is 1. The van der Waals surface area contributed by atoms with Crippen LogP contribution in [-0.4, -0.2) is 41.1 Å². The van der Waals surface area contributed by atoms with Gasteiger partial charge >= 0.3 is 36.0 Å². The van der Waals surface area contributed by atoms with Crippen molar-refractivity contribution in [2.24, 2.45) is 0 Å². The van der Waals surface area contributed by atoms with Gasteiger partial charge in [0.2, 0.25) is 5.76 Å². The van der Waals surface area contributed by atoms with Crippen molar-refractivity contribution in [1.82, 2.24) is 0 Å². The van der Waals surface area contributed by atoms with Crippen LogP contribution in [0.3, 0.4) is 0 Å². The van der Waals surface area contributed by atoms with E-state index in [1.807, 2.05) is 0 Å². The summed E-state index contributed by atoms with van der Waals surface area (Å²) in [5.74, 6) is -27.5. The average Bonchev–Trinajstić information content (AvgIpc) is 2.54. The van der Waals surface area contributed by atoms with Crippen LogP contribution >= 0.6 is 0 Å². The molecule has 1 N–H and O–H groups in total. The molecule has 3 nitrogen and oxygen atoms in total. The summed E-state index contributed by atoms with van der Waals surface area (Å²) in [5.41, 5.74) is 0.00660. The third-order valence-corrected chi connectivity index (χ3v) is 3.24. The van der Waals surface area contributed by atoms with Gasteiger partial charge in [-0.25, -0.2) is 4.79 Å². The molecule has 0 spiro atoms. The van der Waals surface area contributed by atoms with E-state index in [-0.39, 0.29) is 11.6 Å². The maximum Gasteiger partial charge on any atom is 0.471 e. The molecule has 0 aliphatic rings. The molecule has 1 radical (unpaired) electrons. The Kier molecular flexibility index (Phi) is 6.23. The monoisotopic (exact) mass is 445 g/mol. The fraction of sp³-hybridized carbons (Fsp3) is 0.333. The maximum atomic E-state index is 13.5. The van der Waals surface area contributed by atoms with Gasteiger partial charge in [0.1, 0.15) is 0 Å². The van der Waals surface area contributed by atoms with Crippen LogP contribution < -0.4 is 0 Å². The lowest BCUT2D eigenvalue weighted by Crippen LogP contribution is -2.66. The second-order valence-electron chi connectivity index (χ2n) is 5.40. The molecule has 0 saturated carbocycles. The first-order valence-electron chi connectivity index (χ1n) is 6.92. The zero-order valence-electron chi connectivity index (χ0n) is 13.5. The van der Waals surface area contributed by atoms with Gasteiger partial charge in [-0.3, -0.25) is 0 Å². The van der Waals surface area contributed by atoms with E-state index in [1.165, 1.54) is 12.1 Å². The summed E-state index contributed by atoms with van der Waals surface area (Å²) < 4.78 is 145. The smallest absolute Gasteiger partial charge is 0.471 e. The predicted octanol–water partition coefficient (Wildman–Crippen LogP) is 5.37. The van der Waals surface area contributed by atoms with E-state index in [4.69, 9.17) is 5.11 Å². The molecule has 0 aliphatic heterocycles. The lowest BCUT2D eigenvalue weighted by molar-refractivity contribution is -0.451. The molecule has 0 unspecified atom stereocenters. The van der Waals surface area contributed by atoms with E-state index in [2.05, 4.69) is 11.7 Å². The first-order chi connectivity index (χ1) is 12.8. The Bertz CT molecular complexity index is 780. The van der Waals surface area contributed by atoms with Crippen LogP contribution in [0.15, 0.2) is 30.0 Å². The molecule has 0 fully saturated rings. The zero-order chi connectivity index (χ0) is 23.1. The van der Waals surface area contributed by atoms with Crippen molar-refractivity contribution in [3.63, 3.8) is 0 Å². The molecule has 0 amide bonds. The van der Waals surface area contributed by atoms with E-state index >= 15 is 0 Å². The van der Waals surface area contributed by atoms with Crippen LogP contribution in [0.5, 0.6) is 0 Å². The predicted molar refractivity (Wildman–Crippen MR) is 73.4 cm³/mol. The summed E-state index contributed by atoms with van der Waals surface area (Å²) in [6, 6.07) is 4.35. The molecule has 1 aromatic carbocycles. The molecule has 0 bridgehead atoms. The van der Waals surface area contributed by atoms with E-state index in [0.717, 1.165) is 12.1 Å². The van der Waals surface area contributed by atoms with Crippen LogP contribution in [0, 0.1) is 6.92 Å². The molecule has 1 rings (SSSR count). The van der Waals surface area contributed by atoms with Crippen molar-refractivity contribution in [2.45, 2.75) is 30.1 Å². The lowest BCUT2D eigenvalue weighted by atomic mass is 10.0. The Balaban J connectivity index is 3.39. The van der Waals surface area contributed by atoms with E-state index in [0.29, 0.717) is 5.56 Å². The van der Waals surface area contributed by atoms with Crippen molar-refractivity contribution in [1.29, 1.82) is 0 Å². The summed E-state index contributed by atoms with van der Waals surface area (Å²) in [7, 11) is 0. The van der Waals surface area contributed by atoms with Crippen LogP contribution in [0.1, 0.15) is 11.1 Å². The van der Waals surface area contributed by atoms with E-state index in [1.54, 1.807) is 0 Å². The molecule has 0 aromatic heterocycles. The van der Waals surface area contributed by atoms with Gasteiger partial charge in [-0.15, -0.1) is 0 Å². The lowest BCUT2D eigenvalue weighted by Gasteiger charge is -2.36. The summed E-state index contributed by atoms with van der Waals surface area (Å²) in [6.07, 6.45) is -14.0. The minimum absolute atomic E-state index is 0.117. The number of carboxylic acid groups (broad SMARTS) is 1. The van der Waals surface area contributed by atoms with E-state index < -0.39 is 41.8 Å². The Labute approximate surface area is 154 Å². The van der Waals surface area contributed by atoms with Gasteiger partial charge < -0.3 is 9.84 Å². The third kappa shape index (κ3) is 4.40. The standard InChI is InChI=1S/C15H8F11O3/c1-7-2-4-8(5-3-7)6-9(10(27)28)29-15(25,26)13(20,21)11(16,17)12(18,19)14(22,23)24/h2-6H,1H2,(H,27,28). The number of carboxylic acids is 1. The minimum atomic E-state index is -7.71.